The number of allylic oxidation sites excluding steroid dienone is 2. The maximum Gasteiger partial charge on any atom is 0.335 e. The number of carboxylic acid groups (broad SMARTS) is 1. The third kappa shape index (κ3) is 4.93. The standard InChI is InChI=1S/C25H32N6O4/c1-16(2)10-13-30-20-21(27-24(30)29-12-4-5-19(26)15-29)28(3)25(35)31(22(20)32)14-11-17-6-8-18(9-7-17)23(33)34/h6-10,19H,4-5,11-15,26H2,1-3H3,(H,33,34)/t19-/m0/s1. The summed E-state index contributed by atoms with van der Waals surface area (Å²) in [5.41, 5.74) is 8.29. The summed E-state index contributed by atoms with van der Waals surface area (Å²) in [5, 5.41) is 9.09. The van der Waals surface area contributed by atoms with E-state index in [4.69, 9.17) is 15.8 Å². The first-order chi connectivity index (χ1) is 16.7. The number of nitrogens with zero attached hydrogens (tertiary/aromatic N) is 5. The number of benzene rings is 1. The molecule has 0 bridgehead atoms. The Morgan fingerprint density at radius 1 is 1.20 bits per heavy atom. The van der Waals surface area contributed by atoms with Crippen LogP contribution in [0.4, 0.5) is 5.95 Å². The molecule has 4 rings (SSSR count). The van der Waals surface area contributed by atoms with Crippen LogP contribution in [-0.4, -0.2) is 48.9 Å². The van der Waals surface area contributed by atoms with Gasteiger partial charge in [-0.1, -0.05) is 23.8 Å². The average molecular weight is 481 g/mol. The molecule has 3 N–H and O–H groups in total. The number of carboxylic acids is 1. The largest absolute Gasteiger partial charge is 0.478 e. The molecule has 0 aliphatic carbocycles. The lowest BCUT2D eigenvalue weighted by Gasteiger charge is -2.31. The molecule has 0 amide bonds. The molecule has 0 spiro atoms. The molecular formula is C25H32N6O4. The molecule has 1 fully saturated rings. The van der Waals surface area contributed by atoms with Gasteiger partial charge in [0.1, 0.15) is 0 Å². The molecule has 1 aromatic carbocycles. The summed E-state index contributed by atoms with van der Waals surface area (Å²) < 4.78 is 4.55. The van der Waals surface area contributed by atoms with E-state index in [2.05, 4.69) is 4.90 Å². The van der Waals surface area contributed by atoms with Crippen molar-refractivity contribution >= 4 is 23.1 Å². The summed E-state index contributed by atoms with van der Waals surface area (Å²) in [5.74, 6) is -0.344. The zero-order chi connectivity index (χ0) is 25.3. The van der Waals surface area contributed by atoms with Crippen LogP contribution in [0.25, 0.3) is 11.2 Å². The van der Waals surface area contributed by atoms with Gasteiger partial charge in [0.15, 0.2) is 11.2 Å². The number of nitrogens with two attached hydrogens (primary N) is 1. The normalized spacial score (nSPS) is 16.0. The van der Waals surface area contributed by atoms with Gasteiger partial charge in [-0.15, -0.1) is 0 Å². The smallest absolute Gasteiger partial charge is 0.335 e. The van der Waals surface area contributed by atoms with E-state index in [1.54, 1.807) is 19.2 Å². The van der Waals surface area contributed by atoms with Gasteiger partial charge in [0, 0.05) is 39.3 Å². The lowest BCUT2D eigenvalue weighted by molar-refractivity contribution is 0.0697. The van der Waals surface area contributed by atoms with Crippen molar-refractivity contribution in [1.82, 2.24) is 18.7 Å². The van der Waals surface area contributed by atoms with Gasteiger partial charge in [0.25, 0.3) is 5.56 Å². The number of fused-ring (bicyclic) bond motifs is 1. The molecule has 0 radical (unpaired) electrons. The minimum atomic E-state index is -0.998. The Hall–Kier alpha value is -3.66. The van der Waals surface area contributed by atoms with Crippen molar-refractivity contribution in [2.75, 3.05) is 18.0 Å². The molecule has 3 aromatic rings. The van der Waals surface area contributed by atoms with Crippen LogP contribution in [-0.2, 0) is 26.6 Å². The molecule has 2 aromatic heterocycles. The number of rotatable bonds is 7. The number of piperidine rings is 1. The number of hydrogen-bond donors (Lipinski definition) is 2. The number of carbonyl (C=O) groups is 1. The van der Waals surface area contributed by atoms with Gasteiger partial charge >= 0.3 is 11.7 Å². The Bertz CT molecular complexity index is 1390. The number of aromatic nitrogens is 4. The first-order valence-electron chi connectivity index (χ1n) is 11.8. The Morgan fingerprint density at radius 3 is 2.54 bits per heavy atom. The van der Waals surface area contributed by atoms with Crippen LogP contribution in [0.1, 0.15) is 42.6 Å². The van der Waals surface area contributed by atoms with Crippen molar-refractivity contribution in [2.24, 2.45) is 12.8 Å². The fourth-order valence-corrected chi connectivity index (χ4v) is 4.49. The second kappa shape index (κ2) is 9.91. The second-order valence-electron chi connectivity index (χ2n) is 9.37. The van der Waals surface area contributed by atoms with E-state index < -0.39 is 11.7 Å². The van der Waals surface area contributed by atoms with E-state index in [0.717, 1.165) is 30.5 Å². The van der Waals surface area contributed by atoms with Crippen LogP contribution in [0, 0.1) is 0 Å². The third-order valence-corrected chi connectivity index (χ3v) is 6.46. The summed E-state index contributed by atoms with van der Waals surface area (Å²) in [6.07, 6.45) is 4.34. The molecule has 1 atom stereocenters. The van der Waals surface area contributed by atoms with E-state index in [1.165, 1.54) is 21.3 Å². The Labute approximate surface area is 202 Å². The maximum atomic E-state index is 13.6. The summed E-state index contributed by atoms with van der Waals surface area (Å²) >= 11 is 0. The van der Waals surface area contributed by atoms with Gasteiger partial charge < -0.3 is 20.3 Å². The van der Waals surface area contributed by atoms with Gasteiger partial charge in [-0.05, 0) is 50.8 Å². The van der Waals surface area contributed by atoms with Crippen molar-refractivity contribution in [3.05, 3.63) is 67.9 Å². The number of aromatic carboxylic acids is 1. The molecule has 1 saturated heterocycles. The predicted molar refractivity (Wildman–Crippen MR) is 135 cm³/mol. The Kier molecular flexibility index (Phi) is 6.93. The van der Waals surface area contributed by atoms with E-state index in [0.29, 0.717) is 36.6 Å². The highest BCUT2D eigenvalue weighted by Crippen LogP contribution is 2.23. The zero-order valence-electron chi connectivity index (χ0n) is 20.4. The number of aryl methyl sites for hydroxylation is 2. The monoisotopic (exact) mass is 480 g/mol. The topological polar surface area (TPSA) is 128 Å². The molecular weight excluding hydrogens is 448 g/mol. The Morgan fingerprint density at radius 2 is 1.91 bits per heavy atom. The molecule has 0 unspecified atom stereocenters. The van der Waals surface area contributed by atoms with Gasteiger partial charge in [-0.2, -0.15) is 4.98 Å². The van der Waals surface area contributed by atoms with Crippen LogP contribution in [0.15, 0.2) is 45.5 Å². The van der Waals surface area contributed by atoms with Gasteiger partial charge in [0.05, 0.1) is 5.56 Å². The summed E-state index contributed by atoms with van der Waals surface area (Å²) in [4.78, 5) is 44.7. The summed E-state index contributed by atoms with van der Waals surface area (Å²) in [7, 11) is 1.63. The third-order valence-electron chi connectivity index (χ3n) is 6.46. The van der Waals surface area contributed by atoms with Crippen molar-refractivity contribution in [3.8, 4) is 0 Å². The highest BCUT2D eigenvalue weighted by Gasteiger charge is 2.26. The molecule has 186 valence electrons. The molecule has 1 aliphatic heterocycles. The zero-order valence-corrected chi connectivity index (χ0v) is 20.4. The highest BCUT2D eigenvalue weighted by molar-refractivity contribution is 5.87. The number of anilines is 1. The molecule has 10 heteroatoms. The SMILES string of the molecule is CC(C)=CCn1c(N2CCC[C@H](N)C2)nc2c1c(=O)n(CCc1ccc(C(=O)O)cc1)c(=O)n2C. The molecule has 0 saturated carbocycles. The van der Waals surface area contributed by atoms with E-state index in [9.17, 15) is 14.4 Å². The second-order valence-corrected chi connectivity index (χ2v) is 9.37. The lowest BCUT2D eigenvalue weighted by atomic mass is 10.1. The van der Waals surface area contributed by atoms with Gasteiger partial charge in [-0.3, -0.25) is 13.9 Å². The van der Waals surface area contributed by atoms with E-state index in [1.807, 2.05) is 24.5 Å². The molecule has 35 heavy (non-hydrogen) atoms. The summed E-state index contributed by atoms with van der Waals surface area (Å²) in [6.45, 7) is 6.07. The highest BCUT2D eigenvalue weighted by atomic mass is 16.4. The minimum Gasteiger partial charge on any atom is -0.478 e. The first kappa shape index (κ1) is 24.5. The number of imidazole rings is 1. The van der Waals surface area contributed by atoms with Crippen LogP contribution < -0.4 is 21.9 Å². The molecule has 10 nitrogen and oxygen atoms in total. The molecule has 3 heterocycles. The number of hydrogen-bond acceptors (Lipinski definition) is 6. The fourth-order valence-electron chi connectivity index (χ4n) is 4.49. The predicted octanol–water partition coefficient (Wildman–Crippen LogP) is 1.73. The van der Waals surface area contributed by atoms with Crippen LogP contribution in [0.3, 0.4) is 0 Å². The van der Waals surface area contributed by atoms with Crippen molar-refractivity contribution in [2.45, 2.75) is 52.2 Å². The van der Waals surface area contributed by atoms with Crippen LogP contribution in [0.5, 0.6) is 0 Å². The van der Waals surface area contributed by atoms with E-state index >= 15 is 0 Å². The maximum absolute atomic E-state index is 13.6. The Balaban J connectivity index is 1.78. The lowest BCUT2D eigenvalue weighted by Crippen LogP contribution is -2.44. The molecule has 1 aliphatic rings. The quantitative estimate of drug-likeness (QED) is 0.493. The average Bonchev–Trinajstić information content (AvgIpc) is 3.21. The van der Waals surface area contributed by atoms with Crippen molar-refractivity contribution in [3.63, 3.8) is 0 Å². The van der Waals surface area contributed by atoms with Crippen LogP contribution >= 0.6 is 0 Å². The van der Waals surface area contributed by atoms with Gasteiger partial charge in [-0.25, -0.2) is 9.59 Å². The van der Waals surface area contributed by atoms with Crippen molar-refractivity contribution in [1.29, 1.82) is 0 Å². The first-order valence-corrected chi connectivity index (χ1v) is 11.8. The van der Waals surface area contributed by atoms with Gasteiger partial charge in [0.2, 0.25) is 5.95 Å². The van der Waals surface area contributed by atoms with Crippen LogP contribution in [0.2, 0.25) is 0 Å². The fraction of sp³-hybridized carbons (Fsp3) is 0.440. The van der Waals surface area contributed by atoms with Crippen molar-refractivity contribution < 1.29 is 9.90 Å². The van der Waals surface area contributed by atoms with E-state index in [-0.39, 0.29) is 23.7 Å². The minimum absolute atomic E-state index is 0.0356. The summed E-state index contributed by atoms with van der Waals surface area (Å²) in [6, 6.07) is 6.48.